The third kappa shape index (κ3) is 4.03. The topological polar surface area (TPSA) is 54.9 Å². The summed E-state index contributed by atoms with van der Waals surface area (Å²) in [6.45, 7) is 7.57. The molecule has 0 aliphatic carbocycles. The second-order valence-electron chi connectivity index (χ2n) is 6.63. The summed E-state index contributed by atoms with van der Waals surface area (Å²) in [5, 5.41) is 1.08. The zero-order valence-corrected chi connectivity index (χ0v) is 17.9. The maximum atomic E-state index is 13.4. The van der Waals surface area contributed by atoms with Crippen molar-refractivity contribution < 1.29 is 14.3 Å². The lowest BCUT2D eigenvalue weighted by Gasteiger charge is -2.25. The molecule has 1 aliphatic heterocycles. The number of halogens is 1. The first-order valence-corrected chi connectivity index (χ1v) is 10.8. The SMILES string of the molecule is CCN(CC)CCN(C(=O)c1ccccc1Cl)c1nc2cc3c(cc2s1)OCO3. The van der Waals surface area contributed by atoms with Crippen LogP contribution < -0.4 is 14.4 Å². The maximum Gasteiger partial charge on any atom is 0.261 e. The Labute approximate surface area is 178 Å². The monoisotopic (exact) mass is 431 g/mol. The van der Waals surface area contributed by atoms with Crippen LogP contribution in [0.25, 0.3) is 10.2 Å². The second-order valence-corrected chi connectivity index (χ2v) is 8.05. The lowest BCUT2D eigenvalue weighted by atomic mass is 10.2. The van der Waals surface area contributed by atoms with Crippen LogP contribution in [-0.4, -0.2) is 48.8 Å². The minimum Gasteiger partial charge on any atom is -0.454 e. The summed E-state index contributed by atoms with van der Waals surface area (Å²) in [5.74, 6) is 1.24. The molecule has 8 heteroatoms. The van der Waals surface area contributed by atoms with E-state index in [0.29, 0.717) is 33.8 Å². The van der Waals surface area contributed by atoms with E-state index in [1.54, 1.807) is 17.0 Å². The van der Waals surface area contributed by atoms with E-state index >= 15 is 0 Å². The van der Waals surface area contributed by atoms with Gasteiger partial charge in [0, 0.05) is 25.2 Å². The van der Waals surface area contributed by atoms with Crippen LogP contribution in [0.3, 0.4) is 0 Å². The summed E-state index contributed by atoms with van der Waals surface area (Å²) in [7, 11) is 0. The van der Waals surface area contributed by atoms with Crippen molar-refractivity contribution in [3.05, 3.63) is 47.0 Å². The van der Waals surface area contributed by atoms with E-state index in [2.05, 4.69) is 18.7 Å². The molecule has 1 aromatic heterocycles. The van der Waals surface area contributed by atoms with Crippen molar-refractivity contribution in [1.82, 2.24) is 9.88 Å². The van der Waals surface area contributed by atoms with Crippen LogP contribution >= 0.6 is 22.9 Å². The van der Waals surface area contributed by atoms with Crippen molar-refractivity contribution in [1.29, 1.82) is 0 Å². The molecule has 0 N–H and O–H groups in total. The zero-order valence-electron chi connectivity index (χ0n) is 16.4. The third-order valence-corrected chi connectivity index (χ3v) is 6.36. The molecule has 0 radical (unpaired) electrons. The first kappa shape index (κ1) is 19.9. The van der Waals surface area contributed by atoms with E-state index in [1.807, 2.05) is 24.3 Å². The Morgan fingerprint density at radius 1 is 1.14 bits per heavy atom. The van der Waals surface area contributed by atoms with Crippen molar-refractivity contribution >= 4 is 44.2 Å². The smallest absolute Gasteiger partial charge is 0.261 e. The van der Waals surface area contributed by atoms with Crippen molar-refractivity contribution in [2.75, 3.05) is 37.9 Å². The fourth-order valence-corrected chi connectivity index (χ4v) is 4.48. The number of hydrogen-bond donors (Lipinski definition) is 0. The van der Waals surface area contributed by atoms with Crippen molar-refractivity contribution in [3.8, 4) is 11.5 Å². The lowest BCUT2D eigenvalue weighted by molar-refractivity contribution is 0.0984. The number of carbonyl (C=O) groups excluding carboxylic acids is 1. The van der Waals surface area contributed by atoms with Gasteiger partial charge in [0.2, 0.25) is 6.79 Å². The van der Waals surface area contributed by atoms with Crippen LogP contribution in [-0.2, 0) is 0 Å². The molecule has 0 saturated carbocycles. The van der Waals surface area contributed by atoms with Gasteiger partial charge in [-0.05, 0) is 25.2 Å². The molecule has 0 bridgehead atoms. The fourth-order valence-electron chi connectivity index (χ4n) is 3.27. The molecule has 3 aromatic rings. The van der Waals surface area contributed by atoms with Crippen LogP contribution in [0.4, 0.5) is 5.13 Å². The van der Waals surface area contributed by atoms with Gasteiger partial charge < -0.3 is 14.4 Å². The third-order valence-electron chi connectivity index (χ3n) is 4.99. The summed E-state index contributed by atoms with van der Waals surface area (Å²) in [4.78, 5) is 22.1. The molecule has 6 nitrogen and oxygen atoms in total. The summed E-state index contributed by atoms with van der Waals surface area (Å²) in [6, 6.07) is 10.9. The van der Waals surface area contributed by atoms with Gasteiger partial charge in [-0.1, -0.05) is 48.9 Å². The average Bonchev–Trinajstić information content (AvgIpc) is 3.35. The summed E-state index contributed by atoms with van der Waals surface area (Å²) in [5.41, 5.74) is 1.26. The lowest BCUT2D eigenvalue weighted by Crippen LogP contribution is -2.39. The fraction of sp³-hybridized carbons (Fsp3) is 0.333. The molecule has 0 saturated heterocycles. The minimum atomic E-state index is -0.151. The first-order chi connectivity index (χ1) is 14.1. The largest absolute Gasteiger partial charge is 0.454 e. The zero-order chi connectivity index (χ0) is 20.4. The first-order valence-electron chi connectivity index (χ1n) is 9.59. The molecule has 0 unspecified atom stereocenters. The van der Waals surface area contributed by atoms with Crippen LogP contribution in [0.2, 0.25) is 5.02 Å². The van der Waals surface area contributed by atoms with Crippen molar-refractivity contribution in [2.45, 2.75) is 13.8 Å². The molecule has 29 heavy (non-hydrogen) atoms. The van der Waals surface area contributed by atoms with E-state index in [9.17, 15) is 4.79 Å². The van der Waals surface area contributed by atoms with Crippen LogP contribution in [0.15, 0.2) is 36.4 Å². The Morgan fingerprint density at radius 2 is 1.86 bits per heavy atom. The predicted molar refractivity (Wildman–Crippen MR) is 117 cm³/mol. The molecule has 152 valence electrons. The standard InChI is InChI=1S/C21H22ClN3O3S/c1-3-24(4-2)9-10-25(20(26)14-7-5-6-8-15(14)22)21-23-16-11-17-18(28-13-27-17)12-19(16)29-21/h5-8,11-12H,3-4,9-10,13H2,1-2H3. The van der Waals surface area contributed by atoms with Gasteiger partial charge in [-0.25, -0.2) is 4.98 Å². The number of fused-ring (bicyclic) bond motifs is 2. The normalized spacial score (nSPS) is 12.7. The number of ether oxygens (including phenoxy) is 2. The van der Waals surface area contributed by atoms with Gasteiger partial charge in [0.15, 0.2) is 16.6 Å². The quantitative estimate of drug-likeness (QED) is 0.544. The van der Waals surface area contributed by atoms with Crippen LogP contribution in [0.5, 0.6) is 11.5 Å². The highest BCUT2D eigenvalue weighted by atomic mass is 35.5. The number of rotatable bonds is 7. The van der Waals surface area contributed by atoms with Crippen molar-refractivity contribution in [2.24, 2.45) is 0 Å². The highest BCUT2D eigenvalue weighted by Gasteiger charge is 2.25. The second kappa shape index (κ2) is 8.57. The number of hydrogen-bond acceptors (Lipinski definition) is 6. The summed E-state index contributed by atoms with van der Waals surface area (Å²) < 4.78 is 11.9. The number of nitrogens with zero attached hydrogens (tertiary/aromatic N) is 3. The van der Waals surface area contributed by atoms with Gasteiger partial charge in [-0.3, -0.25) is 9.69 Å². The number of carbonyl (C=O) groups is 1. The number of benzene rings is 2. The van der Waals surface area contributed by atoms with Gasteiger partial charge in [0.25, 0.3) is 5.91 Å². The summed E-state index contributed by atoms with van der Waals surface area (Å²) in [6.07, 6.45) is 0. The number of likely N-dealkylation sites (N-methyl/N-ethyl adjacent to an activating group) is 1. The average molecular weight is 432 g/mol. The Kier molecular flexibility index (Phi) is 5.89. The molecule has 2 heterocycles. The van der Waals surface area contributed by atoms with Crippen LogP contribution in [0, 0.1) is 0 Å². The highest BCUT2D eigenvalue weighted by Crippen LogP contribution is 2.40. The van der Waals surface area contributed by atoms with Gasteiger partial charge in [-0.15, -0.1) is 0 Å². The molecule has 4 rings (SSSR count). The van der Waals surface area contributed by atoms with Gasteiger partial charge in [0.05, 0.1) is 20.8 Å². The number of amides is 1. The molecule has 1 aliphatic rings. The highest BCUT2D eigenvalue weighted by molar-refractivity contribution is 7.22. The minimum absolute atomic E-state index is 0.151. The number of thiazole rings is 1. The molecule has 0 atom stereocenters. The van der Waals surface area contributed by atoms with Crippen molar-refractivity contribution in [3.63, 3.8) is 0 Å². The van der Waals surface area contributed by atoms with E-state index in [4.69, 9.17) is 26.1 Å². The molecule has 2 aromatic carbocycles. The number of aromatic nitrogens is 1. The number of anilines is 1. The predicted octanol–water partition coefficient (Wildman–Crippen LogP) is 4.67. The Bertz CT molecular complexity index is 994. The van der Waals surface area contributed by atoms with Crippen LogP contribution in [0.1, 0.15) is 24.2 Å². The van der Waals surface area contributed by atoms with E-state index in [1.165, 1.54) is 11.3 Å². The van der Waals surface area contributed by atoms with Gasteiger partial charge in [0.1, 0.15) is 0 Å². The molecular weight excluding hydrogens is 410 g/mol. The maximum absolute atomic E-state index is 13.4. The summed E-state index contributed by atoms with van der Waals surface area (Å²) >= 11 is 7.77. The van der Waals surface area contributed by atoms with E-state index in [0.717, 1.165) is 29.9 Å². The molecule has 0 spiro atoms. The Balaban J connectivity index is 1.70. The van der Waals surface area contributed by atoms with E-state index in [-0.39, 0.29) is 12.7 Å². The van der Waals surface area contributed by atoms with E-state index < -0.39 is 0 Å². The molecule has 0 fully saturated rings. The Hall–Kier alpha value is -2.35. The van der Waals surface area contributed by atoms with Gasteiger partial charge in [-0.2, -0.15) is 0 Å². The van der Waals surface area contributed by atoms with Gasteiger partial charge >= 0.3 is 0 Å². The Morgan fingerprint density at radius 3 is 2.59 bits per heavy atom. The molecular formula is C21H22ClN3O3S. The molecule has 1 amide bonds.